The van der Waals surface area contributed by atoms with Crippen LogP contribution in [0.25, 0.3) is 0 Å². The molecule has 0 aromatic heterocycles. The van der Waals surface area contributed by atoms with Crippen LogP contribution in [0.1, 0.15) is 39.5 Å². The molecule has 1 aliphatic heterocycles. The van der Waals surface area contributed by atoms with Gasteiger partial charge in [0.2, 0.25) is 0 Å². The smallest absolute Gasteiger partial charge is 0.0551 e. The molecule has 0 radical (unpaired) electrons. The van der Waals surface area contributed by atoms with Crippen molar-refractivity contribution >= 4 is 0 Å². The lowest BCUT2D eigenvalue weighted by Gasteiger charge is -2.52. The minimum atomic E-state index is 0.319. The molecular formula is C13H24O2. The van der Waals surface area contributed by atoms with Crippen LogP contribution < -0.4 is 0 Å². The van der Waals surface area contributed by atoms with Gasteiger partial charge in [-0.1, -0.05) is 26.7 Å². The number of rotatable bonds is 4. The average Bonchev–Trinajstić information content (AvgIpc) is 2.62. The van der Waals surface area contributed by atoms with Gasteiger partial charge in [-0.15, -0.1) is 0 Å². The minimum absolute atomic E-state index is 0.319. The lowest BCUT2D eigenvalue weighted by atomic mass is 9.61. The second kappa shape index (κ2) is 4.42. The van der Waals surface area contributed by atoms with Gasteiger partial charge in [0, 0.05) is 12.0 Å². The van der Waals surface area contributed by atoms with E-state index in [4.69, 9.17) is 4.74 Å². The van der Waals surface area contributed by atoms with Gasteiger partial charge < -0.3 is 9.84 Å². The van der Waals surface area contributed by atoms with E-state index < -0.39 is 0 Å². The van der Waals surface area contributed by atoms with E-state index in [1.54, 1.807) is 0 Å². The summed E-state index contributed by atoms with van der Waals surface area (Å²) in [5, 5.41) is 9.60. The number of aliphatic hydroxyl groups excluding tert-OH is 1. The summed E-state index contributed by atoms with van der Waals surface area (Å²) < 4.78 is 5.47. The summed E-state index contributed by atoms with van der Waals surface area (Å²) in [6.07, 6.45) is 5.46. The van der Waals surface area contributed by atoms with Crippen LogP contribution in [0.2, 0.25) is 0 Å². The van der Waals surface area contributed by atoms with Crippen molar-refractivity contribution in [2.45, 2.75) is 39.5 Å². The third-order valence-electron chi connectivity index (χ3n) is 4.65. The Bertz CT molecular complexity index is 203. The molecule has 0 amide bonds. The zero-order valence-corrected chi connectivity index (χ0v) is 10.0. The van der Waals surface area contributed by atoms with Gasteiger partial charge in [0.15, 0.2) is 0 Å². The lowest BCUT2D eigenvalue weighted by Crippen LogP contribution is -2.55. The first-order valence-electron chi connectivity index (χ1n) is 6.39. The molecule has 1 saturated carbocycles. The first-order chi connectivity index (χ1) is 7.20. The van der Waals surface area contributed by atoms with Gasteiger partial charge in [-0.25, -0.2) is 0 Å². The molecule has 0 spiro atoms. The fourth-order valence-electron chi connectivity index (χ4n) is 3.65. The number of aliphatic hydroxyl groups is 1. The van der Waals surface area contributed by atoms with E-state index in [0.717, 1.165) is 19.1 Å². The molecule has 0 aromatic rings. The Labute approximate surface area is 93.0 Å². The van der Waals surface area contributed by atoms with Crippen molar-refractivity contribution in [2.75, 3.05) is 19.8 Å². The zero-order chi connectivity index (χ0) is 10.9. The predicted octanol–water partition coefficient (Wildman–Crippen LogP) is 2.46. The van der Waals surface area contributed by atoms with Crippen molar-refractivity contribution in [2.24, 2.45) is 23.2 Å². The highest BCUT2D eigenvalue weighted by molar-refractivity contribution is 4.99. The van der Waals surface area contributed by atoms with Crippen LogP contribution in [0, 0.1) is 23.2 Å². The highest BCUT2D eigenvalue weighted by Gasteiger charge is 2.52. The summed E-state index contributed by atoms with van der Waals surface area (Å²) >= 11 is 0. The maximum atomic E-state index is 9.60. The van der Waals surface area contributed by atoms with Crippen molar-refractivity contribution in [1.82, 2.24) is 0 Å². The summed E-state index contributed by atoms with van der Waals surface area (Å²) in [5.74, 6) is 1.82. The van der Waals surface area contributed by atoms with Gasteiger partial charge in [0.1, 0.15) is 0 Å². The average molecular weight is 212 g/mol. The summed E-state index contributed by atoms with van der Waals surface area (Å²) in [6, 6.07) is 0. The topological polar surface area (TPSA) is 29.5 Å². The summed E-state index contributed by atoms with van der Waals surface area (Å²) in [5.41, 5.74) is 0.319. The van der Waals surface area contributed by atoms with Crippen LogP contribution >= 0.6 is 0 Å². The molecule has 1 heterocycles. The fourth-order valence-corrected chi connectivity index (χ4v) is 3.65. The Balaban J connectivity index is 2.11. The summed E-state index contributed by atoms with van der Waals surface area (Å²) in [7, 11) is 0. The molecule has 2 rings (SSSR count). The van der Waals surface area contributed by atoms with Crippen molar-refractivity contribution in [3.05, 3.63) is 0 Å². The van der Waals surface area contributed by atoms with Gasteiger partial charge in [-0.05, 0) is 30.6 Å². The van der Waals surface area contributed by atoms with Crippen molar-refractivity contribution in [3.63, 3.8) is 0 Å². The van der Waals surface area contributed by atoms with Crippen LogP contribution in [0.15, 0.2) is 0 Å². The van der Waals surface area contributed by atoms with E-state index in [-0.39, 0.29) is 0 Å². The molecule has 0 aromatic carbocycles. The van der Waals surface area contributed by atoms with Crippen molar-refractivity contribution in [3.8, 4) is 0 Å². The minimum Gasteiger partial charge on any atom is -0.396 e. The SMILES string of the molecule is CC(C)C(CO)C1(C2CCCC2)COC1. The fraction of sp³-hybridized carbons (Fsp3) is 1.00. The first kappa shape index (κ1) is 11.4. The van der Waals surface area contributed by atoms with Crippen LogP contribution in [-0.2, 0) is 4.74 Å². The monoisotopic (exact) mass is 212 g/mol. The van der Waals surface area contributed by atoms with E-state index in [0.29, 0.717) is 23.9 Å². The maximum Gasteiger partial charge on any atom is 0.0551 e. The predicted molar refractivity (Wildman–Crippen MR) is 60.6 cm³/mol. The molecule has 1 atom stereocenters. The second-order valence-corrected chi connectivity index (χ2v) is 5.74. The van der Waals surface area contributed by atoms with Crippen molar-refractivity contribution in [1.29, 1.82) is 0 Å². The molecule has 0 bridgehead atoms. The molecular weight excluding hydrogens is 188 g/mol. The molecule has 1 unspecified atom stereocenters. The largest absolute Gasteiger partial charge is 0.396 e. The summed E-state index contributed by atoms with van der Waals surface area (Å²) in [6.45, 7) is 6.57. The number of ether oxygens (including phenoxy) is 1. The van der Waals surface area contributed by atoms with Crippen LogP contribution in [-0.4, -0.2) is 24.9 Å². The Hall–Kier alpha value is -0.0800. The van der Waals surface area contributed by atoms with Crippen molar-refractivity contribution < 1.29 is 9.84 Å². The number of hydrogen-bond acceptors (Lipinski definition) is 2. The molecule has 15 heavy (non-hydrogen) atoms. The number of hydrogen-bond donors (Lipinski definition) is 1. The zero-order valence-electron chi connectivity index (χ0n) is 10.0. The standard InChI is InChI=1S/C13H24O2/c1-10(2)12(7-14)13(8-15-9-13)11-5-3-4-6-11/h10-12,14H,3-9H2,1-2H3. The van der Waals surface area contributed by atoms with Crippen LogP contribution in [0.3, 0.4) is 0 Å². The second-order valence-electron chi connectivity index (χ2n) is 5.74. The third-order valence-corrected chi connectivity index (χ3v) is 4.65. The van der Waals surface area contributed by atoms with Gasteiger partial charge in [0.25, 0.3) is 0 Å². The molecule has 88 valence electrons. The Morgan fingerprint density at radius 3 is 2.20 bits per heavy atom. The summed E-state index contributed by atoms with van der Waals surface area (Å²) in [4.78, 5) is 0. The quantitative estimate of drug-likeness (QED) is 0.775. The van der Waals surface area contributed by atoms with Gasteiger partial charge in [-0.2, -0.15) is 0 Å². The van der Waals surface area contributed by atoms with Crippen LogP contribution in [0.4, 0.5) is 0 Å². The first-order valence-corrected chi connectivity index (χ1v) is 6.39. The molecule has 1 saturated heterocycles. The highest BCUT2D eigenvalue weighted by Crippen LogP contribution is 2.51. The van der Waals surface area contributed by atoms with Gasteiger partial charge in [0.05, 0.1) is 13.2 Å². The molecule has 2 nitrogen and oxygen atoms in total. The molecule has 1 N–H and O–H groups in total. The molecule has 2 heteroatoms. The van der Waals surface area contributed by atoms with Gasteiger partial charge >= 0.3 is 0 Å². The van der Waals surface area contributed by atoms with E-state index in [1.807, 2.05) is 0 Å². The van der Waals surface area contributed by atoms with E-state index in [1.165, 1.54) is 25.7 Å². The molecule has 1 aliphatic carbocycles. The maximum absolute atomic E-state index is 9.60. The lowest BCUT2D eigenvalue weighted by molar-refractivity contribution is -0.193. The van der Waals surface area contributed by atoms with E-state index >= 15 is 0 Å². The Kier molecular flexibility index (Phi) is 3.36. The normalized spacial score (nSPS) is 28.0. The highest BCUT2D eigenvalue weighted by atomic mass is 16.5. The third kappa shape index (κ3) is 1.83. The van der Waals surface area contributed by atoms with Crippen LogP contribution in [0.5, 0.6) is 0 Å². The molecule has 2 aliphatic rings. The van der Waals surface area contributed by atoms with E-state index in [2.05, 4.69) is 13.8 Å². The Morgan fingerprint density at radius 1 is 1.27 bits per heavy atom. The Morgan fingerprint density at radius 2 is 1.87 bits per heavy atom. The van der Waals surface area contributed by atoms with Gasteiger partial charge in [-0.3, -0.25) is 0 Å². The van der Waals surface area contributed by atoms with E-state index in [9.17, 15) is 5.11 Å². The molecule has 2 fully saturated rings.